The van der Waals surface area contributed by atoms with Crippen molar-refractivity contribution in [3.05, 3.63) is 59.2 Å². The number of aromatic nitrogens is 1. The Bertz CT molecular complexity index is 1000. The number of nitrogens with one attached hydrogen (secondary N) is 2. The van der Waals surface area contributed by atoms with Gasteiger partial charge in [0.1, 0.15) is 6.29 Å². The molecule has 6 heteroatoms. The molecule has 2 heterocycles. The Morgan fingerprint density at radius 2 is 1.86 bits per heavy atom. The zero-order valence-electron chi connectivity index (χ0n) is 16.3. The topological polar surface area (TPSA) is 57.3 Å². The first-order valence-corrected chi connectivity index (χ1v) is 10.5. The van der Waals surface area contributed by atoms with Gasteiger partial charge in [0.25, 0.3) is 0 Å². The molecule has 0 amide bonds. The van der Waals surface area contributed by atoms with E-state index in [9.17, 15) is 4.79 Å². The Hall–Kier alpha value is -2.63. The summed E-state index contributed by atoms with van der Waals surface area (Å²) >= 11 is 6.09. The summed E-state index contributed by atoms with van der Waals surface area (Å²) in [6.07, 6.45) is 6.56. The van der Waals surface area contributed by atoms with Crippen molar-refractivity contribution in [1.29, 1.82) is 0 Å². The van der Waals surface area contributed by atoms with Crippen molar-refractivity contribution in [2.75, 3.05) is 36.8 Å². The molecule has 4 rings (SSSR count). The van der Waals surface area contributed by atoms with Gasteiger partial charge in [-0.15, -0.1) is 0 Å². The molecular weight excluding hydrogens is 384 g/mol. The van der Waals surface area contributed by atoms with Crippen molar-refractivity contribution < 1.29 is 4.79 Å². The van der Waals surface area contributed by atoms with Crippen LogP contribution in [0.25, 0.3) is 10.9 Å². The van der Waals surface area contributed by atoms with Crippen LogP contribution in [0.15, 0.2) is 48.7 Å². The summed E-state index contributed by atoms with van der Waals surface area (Å²) in [5.41, 5.74) is 4.19. The molecule has 1 aromatic heterocycles. The monoisotopic (exact) mass is 408 g/mol. The second-order valence-electron chi connectivity index (χ2n) is 7.44. The molecule has 2 N–H and O–H groups in total. The average Bonchev–Trinajstić information content (AvgIpc) is 2.74. The van der Waals surface area contributed by atoms with Crippen LogP contribution < -0.4 is 10.6 Å². The number of likely N-dealkylation sites (tertiary alicyclic amines) is 1. The van der Waals surface area contributed by atoms with Gasteiger partial charge >= 0.3 is 0 Å². The third kappa shape index (κ3) is 5.05. The van der Waals surface area contributed by atoms with Gasteiger partial charge in [-0.1, -0.05) is 18.0 Å². The molecule has 0 spiro atoms. The summed E-state index contributed by atoms with van der Waals surface area (Å²) in [4.78, 5) is 18.3. The Morgan fingerprint density at radius 1 is 1.03 bits per heavy atom. The molecule has 0 radical (unpaired) electrons. The smallest absolute Gasteiger partial charge is 0.150 e. The van der Waals surface area contributed by atoms with E-state index in [2.05, 4.69) is 20.5 Å². The van der Waals surface area contributed by atoms with Gasteiger partial charge in [0.05, 0.1) is 5.52 Å². The van der Waals surface area contributed by atoms with Gasteiger partial charge in [-0.3, -0.25) is 9.78 Å². The number of nitrogens with zero attached hydrogens (tertiary/aromatic N) is 2. The van der Waals surface area contributed by atoms with Crippen molar-refractivity contribution in [1.82, 2.24) is 9.88 Å². The molecule has 1 aliphatic rings. The summed E-state index contributed by atoms with van der Waals surface area (Å²) in [6.45, 7) is 4.24. The minimum Gasteiger partial charge on any atom is -0.384 e. The largest absolute Gasteiger partial charge is 0.384 e. The highest BCUT2D eigenvalue weighted by Crippen LogP contribution is 2.28. The number of aldehydes is 1. The summed E-state index contributed by atoms with van der Waals surface area (Å²) in [5.74, 6) is 0. The fourth-order valence-electron chi connectivity index (χ4n) is 3.82. The quantitative estimate of drug-likeness (QED) is 0.516. The lowest BCUT2D eigenvalue weighted by Gasteiger charge is -2.26. The van der Waals surface area contributed by atoms with Crippen LogP contribution in [-0.2, 0) is 0 Å². The van der Waals surface area contributed by atoms with Gasteiger partial charge < -0.3 is 15.5 Å². The summed E-state index contributed by atoms with van der Waals surface area (Å²) in [5, 5.41) is 8.53. The molecule has 0 bridgehead atoms. The maximum atomic E-state index is 11.4. The molecule has 0 aliphatic carbocycles. The van der Waals surface area contributed by atoms with E-state index in [1.807, 2.05) is 42.5 Å². The van der Waals surface area contributed by atoms with E-state index < -0.39 is 0 Å². The number of benzene rings is 2. The van der Waals surface area contributed by atoms with E-state index >= 15 is 0 Å². The predicted octanol–water partition coefficient (Wildman–Crippen LogP) is 5.34. The maximum absolute atomic E-state index is 11.4. The average molecular weight is 409 g/mol. The normalized spacial score (nSPS) is 14.7. The number of halogens is 1. The molecule has 3 aromatic rings. The molecule has 0 unspecified atom stereocenters. The van der Waals surface area contributed by atoms with E-state index in [1.165, 1.54) is 32.4 Å². The number of piperidine rings is 1. The number of carbonyl (C=O) groups is 1. The Balaban J connectivity index is 1.50. The standard InChI is InChI=1S/C23H25ClN4O/c24-18-4-5-21-22(6-7-26-23(21)14-18)27-20-13-17(16-29)12-19(15-20)25-8-11-28-9-2-1-3-10-28/h4-7,12-16,25H,1-3,8-11H2,(H,26,27). The van der Waals surface area contributed by atoms with E-state index in [-0.39, 0.29) is 0 Å². The highest BCUT2D eigenvalue weighted by molar-refractivity contribution is 6.31. The maximum Gasteiger partial charge on any atom is 0.150 e. The lowest BCUT2D eigenvalue weighted by atomic mass is 10.1. The van der Waals surface area contributed by atoms with Crippen LogP contribution in [0.4, 0.5) is 17.1 Å². The lowest BCUT2D eigenvalue weighted by Crippen LogP contribution is -2.33. The minimum absolute atomic E-state index is 0.636. The van der Waals surface area contributed by atoms with Crippen LogP contribution >= 0.6 is 11.6 Å². The summed E-state index contributed by atoms with van der Waals surface area (Å²) in [7, 11) is 0. The van der Waals surface area contributed by atoms with E-state index in [0.29, 0.717) is 10.6 Å². The van der Waals surface area contributed by atoms with Crippen LogP contribution in [0.3, 0.4) is 0 Å². The molecule has 2 aromatic carbocycles. The van der Waals surface area contributed by atoms with Crippen molar-refractivity contribution in [3.63, 3.8) is 0 Å². The number of rotatable bonds is 7. The molecule has 1 aliphatic heterocycles. The molecule has 0 saturated carbocycles. The molecule has 0 atom stereocenters. The predicted molar refractivity (Wildman–Crippen MR) is 121 cm³/mol. The van der Waals surface area contributed by atoms with Crippen molar-refractivity contribution in [2.24, 2.45) is 0 Å². The number of carbonyl (C=O) groups excluding carboxylic acids is 1. The van der Waals surface area contributed by atoms with Gasteiger partial charge in [0.2, 0.25) is 0 Å². The first-order chi connectivity index (χ1) is 14.2. The molecule has 1 saturated heterocycles. The number of fused-ring (bicyclic) bond motifs is 1. The van der Waals surface area contributed by atoms with Gasteiger partial charge in [-0.05, 0) is 68.4 Å². The number of hydrogen-bond acceptors (Lipinski definition) is 5. The number of anilines is 3. The Labute approximate surface area is 176 Å². The SMILES string of the molecule is O=Cc1cc(NCCN2CCCCC2)cc(Nc2ccnc3cc(Cl)ccc23)c1. The van der Waals surface area contributed by atoms with Crippen molar-refractivity contribution >= 4 is 45.9 Å². The third-order valence-corrected chi connectivity index (χ3v) is 5.52. The van der Waals surface area contributed by atoms with E-state index in [0.717, 1.165) is 47.3 Å². The molecule has 29 heavy (non-hydrogen) atoms. The van der Waals surface area contributed by atoms with Crippen molar-refractivity contribution in [3.8, 4) is 0 Å². The van der Waals surface area contributed by atoms with E-state index in [1.54, 1.807) is 6.20 Å². The van der Waals surface area contributed by atoms with Crippen LogP contribution in [0.1, 0.15) is 29.6 Å². The second-order valence-corrected chi connectivity index (χ2v) is 7.87. The fourth-order valence-corrected chi connectivity index (χ4v) is 3.99. The molecular formula is C23H25ClN4O. The first-order valence-electron chi connectivity index (χ1n) is 10.1. The lowest BCUT2D eigenvalue weighted by molar-refractivity contribution is 0.112. The minimum atomic E-state index is 0.636. The Kier molecular flexibility index (Phi) is 6.27. The van der Waals surface area contributed by atoms with Crippen LogP contribution in [0.5, 0.6) is 0 Å². The summed E-state index contributed by atoms with van der Waals surface area (Å²) < 4.78 is 0. The van der Waals surface area contributed by atoms with Crippen LogP contribution in [0, 0.1) is 0 Å². The molecule has 150 valence electrons. The molecule has 5 nitrogen and oxygen atoms in total. The number of pyridine rings is 1. The highest BCUT2D eigenvalue weighted by atomic mass is 35.5. The zero-order chi connectivity index (χ0) is 20.1. The van der Waals surface area contributed by atoms with Gasteiger partial charge in [0, 0.05) is 52.3 Å². The van der Waals surface area contributed by atoms with Crippen LogP contribution in [-0.4, -0.2) is 42.3 Å². The molecule has 1 fully saturated rings. The zero-order valence-corrected chi connectivity index (χ0v) is 17.1. The summed E-state index contributed by atoms with van der Waals surface area (Å²) in [6, 6.07) is 13.3. The highest BCUT2D eigenvalue weighted by Gasteiger charge is 2.10. The van der Waals surface area contributed by atoms with Gasteiger partial charge in [0.15, 0.2) is 0 Å². The van der Waals surface area contributed by atoms with Gasteiger partial charge in [-0.2, -0.15) is 0 Å². The van der Waals surface area contributed by atoms with Crippen molar-refractivity contribution in [2.45, 2.75) is 19.3 Å². The van der Waals surface area contributed by atoms with Gasteiger partial charge in [-0.25, -0.2) is 0 Å². The fraction of sp³-hybridized carbons (Fsp3) is 0.304. The number of hydrogen-bond donors (Lipinski definition) is 2. The second kappa shape index (κ2) is 9.25. The first kappa shape index (κ1) is 19.7. The van der Waals surface area contributed by atoms with E-state index in [4.69, 9.17) is 11.6 Å². The third-order valence-electron chi connectivity index (χ3n) is 5.28. The Morgan fingerprint density at radius 3 is 2.69 bits per heavy atom. The van der Waals surface area contributed by atoms with Crippen LogP contribution in [0.2, 0.25) is 5.02 Å².